The van der Waals surface area contributed by atoms with Crippen molar-refractivity contribution in [3.63, 3.8) is 0 Å². The van der Waals surface area contributed by atoms with Crippen molar-refractivity contribution >= 4 is 23.9 Å². The molecule has 2 heterocycles. The molecule has 1 fully saturated rings. The molecule has 0 saturated carbocycles. The first-order chi connectivity index (χ1) is 16.4. The summed E-state index contributed by atoms with van der Waals surface area (Å²) >= 11 is 0. The molecule has 2 aliphatic rings. The summed E-state index contributed by atoms with van der Waals surface area (Å²) in [6.07, 6.45) is 0. The molecular weight excluding hydrogens is 442 g/mol. The third-order valence-corrected chi connectivity index (χ3v) is 6.34. The number of rotatable bonds is 6. The molecule has 1 saturated heterocycles. The Bertz CT molecular complexity index is 1110. The molecule has 4 rings (SSSR count). The second-order valence-electron chi connectivity index (χ2n) is 7.96. The van der Waals surface area contributed by atoms with Gasteiger partial charge in [-0.15, -0.1) is 0 Å². The van der Waals surface area contributed by atoms with E-state index in [9.17, 15) is 19.2 Å². The summed E-state index contributed by atoms with van der Waals surface area (Å²) in [5.74, 6) is -5.06. The SMILES string of the molecule is CCOC(=O)C1(C(=O)OCC)N[C@@H](c2ccccc2)[C@]2(C(=O)OC)C(=O)Oc3ccccc3[C@H]12. The first kappa shape index (κ1) is 23.4. The zero-order chi connectivity index (χ0) is 24.5. The predicted molar refractivity (Wildman–Crippen MR) is 118 cm³/mol. The van der Waals surface area contributed by atoms with Gasteiger partial charge in [0, 0.05) is 5.56 Å². The van der Waals surface area contributed by atoms with Crippen LogP contribution in [0, 0.1) is 5.41 Å². The molecule has 0 spiro atoms. The molecule has 0 bridgehead atoms. The molecular formula is C25H25NO8. The number of carbonyl (C=O) groups is 4. The summed E-state index contributed by atoms with van der Waals surface area (Å²) in [4.78, 5) is 54.5. The highest BCUT2D eigenvalue weighted by Crippen LogP contribution is 2.62. The highest BCUT2D eigenvalue weighted by atomic mass is 16.6. The van der Waals surface area contributed by atoms with Crippen molar-refractivity contribution in [1.82, 2.24) is 5.32 Å². The Labute approximate surface area is 196 Å². The molecule has 0 aliphatic carbocycles. The maximum absolute atomic E-state index is 13.7. The molecule has 1 N–H and O–H groups in total. The molecule has 0 unspecified atom stereocenters. The van der Waals surface area contributed by atoms with E-state index in [1.807, 2.05) is 0 Å². The van der Waals surface area contributed by atoms with Crippen molar-refractivity contribution in [3.05, 3.63) is 65.7 Å². The van der Waals surface area contributed by atoms with Crippen molar-refractivity contribution in [2.24, 2.45) is 5.41 Å². The van der Waals surface area contributed by atoms with Crippen LogP contribution >= 0.6 is 0 Å². The van der Waals surface area contributed by atoms with E-state index in [-0.39, 0.29) is 19.0 Å². The molecule has 178 valence electrons. The number of esters is 4. The Balaban J connectivity index is 2.12. The first-order valence-electron chi connectivity index (χ1n) is 11.0. The second kappa shape index (κ2) is 8.90. The molecule has 3 atom stereocenters. The van der Waals surface area contributed by atoms with Crippen LogP contribution in [0.3, 0.4) is 0 Å². The number of methoxy groups -OCH3 is 1. The lowest BCUT2D eigenvalue weighted by molar-refractivity contribution is -0.172. The Kier molecular flexibility index (Phi) is 6.14. The van der Waals surface area contributed by atoms with Gasteiger partial charge >= 0.3 is 23.9 Å². The van der Waals surface area contributed by atoms with Gasteiger partial charge in [-0.25, -0.2) is 9.59 Å². The number of hydrogen-bond acceptors (Lipinski definition) is 9. The fourth-order valence-electron chi connectivity index (χ4n) is 5.05. The number of carbonyl (C=O) groups excluding carboxylic acids is 4. The van der Waals surface area contributed by atoms with Crippen LogP contribution in [0.1, 0.15) is 36.9 Å². The summed E-state index contributed by atoms with van der Waals surface area (Å²) in [6.45, 7) is 3.11. The largest absolute Gasteiger partial charge is 0.468 e. The lowest BCUT2D eigenvalue weighted by atomic mass is 9.62. The lowest BCUT2D eigenvalue weighted by Crippen LogP contribution is -2.61. The predicted octanol–water partition coefficient (Wildman–Crippen LogP) is 2.06. The minimum absolute atomic E-state index is 0.0400. The van der Waals surface area contributed by atoms with Crippen molar-refractivity contribution in [2.75, 3.05) is 20.3 Å². The summed E-state index contributed by atoms with van der Waals surface area (Å²) < 4.78 is 21.4. The van der Waals surface area contributed by atoms with Gasteiger partial charge in [0.15, 0.2) is 5.41 Å². The third-order valence-electron chi connectivity index (χ3n) is 6.34. The zero-order valence-corrected chi connectivity index (χ0v) is 19.0. The van der Waals surface area contributed by atoms with Gasteiger partial charge in [0.05, 0.1) is 32.3 Å². The van der Waals surface area contributed by atoms with Gasteiger partial charge in [0.25, 0.3) is 0 Å². The van der Waals surface area contributed by atoms with E-state index in [1.165, 1.54) is 6.07 Å². The highest BCUT2D eigenvalue weighted by molar-refractivity contribution is 6.14. The molecule has 34 heavy (non-hydrogen) atoms. The number of hydrogen-bond donors (Lipinski definition) is 1. The Hall–Kier alpha value is -3.72. The van der Waals surface area contributed by atoms with E-state index >= 15 is 0 Å². The van der Waals surface area contributed by atoms with Gasteiger partial charge in [-0.3, -0.25) is 14.9 Å². The summed E-state index contributed by atoms with van der Waals surface area (Å²) in [5, 5.41) is 3.01. The van der Waals surface area contributed by atoms with Crippen LogP contribution in [0.25, 0.3) is 0 Å². The van der Waals surface area contributed by atoms with Crippen LogP contribution in [-0.4, -0.2) is 49.7 Å². The highest BCUT2D eigenvalue weighted by Gasteiger charge is 2.79. The number of nitrogens with one attached hydrogen (secondary N) is 1. The van der Waals surface area contributed by atoms with E-state index in [0.29, 0.717) is 11.1 Å². The van der Waals surface area contributed by atoms with Crippen LogP contribution in [0.5, 0.6) is 5.75 Å². The van der Waals surface area contributed by atoms with E-state index < -0.39 is 46.8 Å². The first-order valence-corrected chi connectivity index (χ1v) is 11.0. The fraction of sp³-hybridized carbons (Fsp3) is 0.360. The average Bonchev–Trinajstić information content (AvgIpc) is 3.19. The van der Waals surface area contributed by atoms with Crippen LogP contribution in [-0.2, 0) is 33.4 Å². The maximum Gasteiger partial charge on any atom is 0.338 e. The Morgan fingerprint density at radius 2 is 1.50 bits per heavy atom. The topological polar surface area (TPSA) is 117 Å². The molecule has 0 amide bonds. The summed E-state index contributed by atoms with van der Waals surface area (Å²) in [5.41, 5.74) is -3.57. The molecule has 0 radical (unpaired) electrons. The zero-order valence-electron chi connectivity index (χ0n) is 19.0. The van der Waals surface area contributed by atoms with Gasteiger partial charge in [0.2, 0.25) is 5.54 Å². The summed E-state index contributed by atoms with van der Waals surface area (Å²) in [6, 6.07) is 13.8. The normalized spacial score (nSPS) is 24.3. The Morgan fingerprint density at radius 1 is 0.912 bits per heavy atom. The number of benzene rings is 2. The number of fused-ring (bicyclic) bond motifs is 3. The smallest absolute Gasteiger partial charge is 0.338 e. The second-order valence-corrected chi connectivity index (χ2v) is 7.96. The molecule has 2 aromatic rings. The van der Waals surface area contributed by atoms with Gasteiger partial charge in [-0.1, -0.05) is 48.5 Å². The van der Waals surface area contributed by atoms with Gasteiger partial charge in [0.1, 0.15) is 5.75 Å². The maximum atomic E-state index is 13.7. The quantitative estimate of drug-likeness (QED) is 0.295. The number of para-hydroxylation sites is 1. The van der Waals surface area contributed by atoms with Crippen LogP contribution in [0.4, 0.5) is 0 Å². The van der Waals surface area contributed by atoms with Gasteiger partial charge in [-0.2, -0.15) is 0 Å². The lowest BCUT2D eigenvalue weighted by Gasteiger charge is -2.40. The van der Waals surface area contributed by atoms with E-state index in [4.69, 9.17) is 18.9 Å². The monoisotopic (exact) mass is 467 g/mol. The molecule has 9 heteroatoms. The van der Waals surface area contributed by atoms with Crippen LogP contribution in [0.2, 0.25) is 0 Å². The van der Waals surface area contributed by atoms with Crippen molar-refractivity contribution in [1.29, 1.82) is 0 Å². The van der Waals surface area contributed by atoms with Crippen molar-refractivity contribution in [2.45, 2.75) is 31.3 Å². The minimum atomic E-state index is -2.23. The average molecular weight is 467 g/mol. The third kappa shape index (κ3) is 3.11. The Morgan fingerprint density at radius 3 is 2.09 bits per heavy atom. The van der Waals surface area contributed by atoms with E-state index in [2.05, 4.69) is 5.32 Å². The molecule has 2 aromatic carbocycles. The van der Waals surface area contributed by atoms with E-state index in [0.717, 1.165) is 7.11 Å². The summed E-state index contributed by atoms with van der Waals surface area (Å²) in [7, 11) is 1.14. The standard InChI is InChI=1S/C25H25NO8/c1-4-32-22(29)25(23(30)33-5-2)18-16-13-9-10-14-17(16)34-21(28)24(18,20(27)31-3)19(26-25)15-11-7-6-8-12-15/h6-14,18-19,26H,4-5H2,1-3H3/t18-,19-,24+/m0/s1. The van der Waals surface area contributed by atoms with Crippen LogP contribution in [0.15, 0.2) is 54.6 Å². The number of ether oxygens (including phenoxy) is 4. The van der Waals surface area contributed by atoms with Crippen molar-refractivity contribution in [3.8, 4) is 5.75 Å². The van der Waals surface area contributed by atoms with Gasteiger partial charge in [-0.05, 0) is 25.5 Å². The molecule has 2 aliphatic heterocycles. The molecule has 0 aromatic heterocycles. The fourth-order valence-corrected chi connectivity index (χ4v) is 5.05. The molecule has 9 nitrogen and oxygen atoms in total. The van der Waals surface area contributed by atoms with Gasteiger partial charge < -0.3 is 18.9 Å². The minimum Gasteiger partial charge on any atom is -0.468 e. The van der Waals surface area contributed by atoms with E-state index in [1.54, 1.807) is 62.4 Å². The van der Waals surface area contributed by atoms with Crippen molar-refractivity contribution < 1.29 is 38.1 Å². The van der Waals surface area contributed by atoms with Crippen LogP contribution < -0.4 is 10.1 Å².